The zero-order chi connectivity index (χ0) is 14.4. The maximum absolute atomic E-state index is 12.1. The molecule has 2 rings (SSSR count). The van der Waals surface area contributed by atoms with Crippen LogP contribution < -0.4 is 10.6 Å². The minimum atomic E-state index is -0.271. The molecule has 0 bridgehead atoms. The number of anilines is 1. The van der Waals surface area contributed by atoms with E-state index in [9.17, 15) is 9.59 Å². The molecular weight excluding hydrogens is 258 g/mol. The minimum Gasteiger partial charge on any atom is -0.469 e. The van der Waals surface area contributed by atoms with Crippen molar-refractivity contribution in [3.8, 4) is 0 Å². The van der Waals surface area contributed by atoms with Crippen LogP contribution in [0, 0.1) is 0 Å². The molecule has 0 unspecified atom stereocenters. The van der Waals surface area contributed by atoms with Gasteiger partial charge in [0.2, 0.25) is 0 Å². The predicted molar refractivity (Wildman–Crippen MR) is 75.5 cm³/mol. The summed E-state index contributed by atoms with van der Waals surface area (Å²) in [6.07, 6.45) is 0.269. The Kier molecular flexibility index (Phi) is 4.95. The highest BCUT2D eigenvalue weighted by molar-refractivity contribution is 5.89. The quantitative estimate of drug-likeness (QED) is 0.810. The second-order valence-corrected chi connectivity index (χ2v) is 4.67. The van der Waals surface area contributed by atoms with Crippen LogP contribution in [0.5, 0.6) is 0 Å². The summed E-state index contributed by atoms with van der Waals surface area (Å²) in [7, 11) is 1.37. The fourth-order valence-electron chi connectivity index (χ4n) is 2.16. The molecule has 1 aromatic carbocycles. The highest BCUT2D eigenvalue weighted by Crippen LogP contribution is 2.09. The lowest BCUT2D eigenvalue weighted by Crippen LogP contribution is -2.54. The number of rotatable bonds is 3. The zero-order valence-corrected chi connectivity index (χ0v) is 11.5. The van der Waals surface area contributed by atoms with E-state index in [1.54, 1.807) is 4.90 Å². The molecule has 0 radical (unpaired) electrons. The maximum Gasteiger partial charge on any atom is 0.321 e. The molecule has 2 N–H and O–H groups in total. The third-order valence-corrected chi connectivity index (χ3v) is 3.21. The number of nitrogens with one attached hydrogen (secondary N) is 2. The van der Waals surface area contributed by atoms with Gasteiger partial charge in [0.15, 0.2) is 0 Å². The molecule has 1 saturated heterocycles. The van der Waals surface area contributed by atoms with Crippen molar-refractivity contribution in [3.05, 3.63) is 30.3 Å². The van der Waals surface area contributed by atoms with E-state index in [0.717, 1.165) is 5.69 Å². The average Bonchev–Trinajstić information content (AvgIpc) is 2.48. The lowest BCUT2D eigenvalue weighted by molar-refractivity contribution is -0.141. The molecular formula is C14H19N3O3. The number of benzene rings is 1. The van der Waals surface area contributed by atoms with Crippen molar-refractivity contribution in [1.82, 2.24) is 10.2 Å². The van der Waals surface area contributed by atoms with Gasteiger partial charge in [-0.2, -0.15) is 0 Å². The third kappa shape index (κ3) is 3.96. The Balaban J connectivity index is 1.88. The van der Waals surface area contributed by atoms with E-state index < -0.39 is 0 Å². The molecule has 0 spiro atoms. The Morgan fingerprint density at radius 1 is 1.40 bits per heavy atom. The zero-order valence-electron chi connectivity index (χ0n) is 11.5. The summed E-state index contributed by atoms with van der Waals surface area (Å²) in [6, 6.07) is 9.11. The van der Waals surface area contributed by atoms with E-state index in [4.69, 9.17) is 0 Å². The number of ether oxygens (including phenoxy) is 1. The molecule has 6 nitrogen and oxygen atoms in total. The Hall–Kier alpha value is -2.08. The monoisotopic (exact) mass is 277 g/mol. The van der Waals surface area contributed by atoms with Gasteiger partial charge in [-0.25, -0.2) is 4.79 Å². The van der Waals surface area contributed by atoms with Crippen LogP contribution in [-0.2, 0) is 9.53 Å². The molecule has 20 heavy (non-hydrogen) atoms. The van der Waals surface area contributed by atoms with Gasteiger partial charge in [0.05, 0.1) is 13.5 Å². The predicted octanol–water partition coefficient (Wildman–Crippen LogP) is 1.06. The number of carbonyl (C=O) groups excluding carboxylic acids is 2. The number of methoxy groups -OCH3 is 1. The molecule has 1 aliphatic rings. The van der Waals surface area contributed by atoms with E-state index in [2.05, 4.69) is 15.4 Å². The summed E-state index contributed by atoms with van der Waals surface area (Å²) in [5, 5.41) is 6.05. The molecule has 1 atom stereocenters. The summed E-state index contributed by atoms with van der Waals surface area (Å²) in [4.78, 5) is 25.1. The Labute approximate surface area is 118 Å². The fraction of sp³-hybridized carbons (Fsp3) is 0.429. The number of nitrogens with zero attached hydrogens (tertiary/aromatic N) is 1. The van der Waals surface area contributed by atoms with Gasteiger partial charge in [-0.15, -0.1) is 0 Å². The van der Waals surface area contributed by atoms with Crippen molar-refractivity contribution in [2.24, 2.45) is 0 Å². The number of amides is 2. The number of carbonyl (C=O) groups is 2. The molecule has 1 aromatic rings. The van der Waals surface area contributed by atoms with Crippen LogP contribution in [0.4, 0.5) is 10.5 Å². The van der Waals surface area contributed by atoms with Crippen molar-refractivity contribution >= 4 is 17.7 Å². The van der Waals surface area contributed by atoms with Crippen molar-refractivity contribution in [2.45, 2.75) is 12.5 Å². The lowest BCUT2D eigenvalue weighted by atomic mass is 10.1. The Bertz CT molecular complexity index is 464. The summed E-state index contributed by atoms with van der Waals surface area (Å²) in [5.74, 6) is -0.271. The molecule has 6 heteroatoms. The molecule has 1 heterocycles. The Morgan fingerprint density at radius 3 is 2.85 bits per heavy atom. The number of hydrogen-bond donors (Lipinski definition) is 2. The second kappa shape index (κ2) is 6.91. The van der Waals surface area contributed by atoms with Gasteiger partial charge >= 0.3 is 12.0 Å². The normalized spacial score (nSPS) is 18.4. The first kappa shape index (κ1) is 14.3. The minimum absolute atomic E-state index is 0.0577. The smallest absolute Gasteiger partial charge is 0.321 e. The Morgan fingerprint density at radius 2 is 2.15 bits per heavy atom. The van der Waals surface area contributed by atoms with E-state index in [-0.39, 0.29) is 24.5 Å². The van der Waals surface area contributed by atoms with Gasteiger partial charge in [-0.1, -0.05) is 18.2 Å². The van der Waals surface area contributed by atoms with Crippen LogP contribution in [-0.4, -0.2) is 49.7 Å². The molecule has 1 fully saturated rings. The van der Waals surface area contributed by atoms with Crippen molar-refractivity contribution in [1.29, 1.82) is 0 Å². The number of piperazine rings is 1. The van der Waals surface area contributed by atoms with Gasteiger partial charge in [-0.3, -0.25) is 4.79 Å². The van der Waals surface area contributed by atoms with Gasteiger partial charge in [0.1, 0.15) is 0 Å². The molecule has 0 aromatic heterocycles. The van der Waals surface area contributed by atoms with E-state index in [1.807, 2.05) is 30.3 Å². The molecule has 2 amide bonds. The number of esters is 1. The van der Waals surface area contributed by atoms with Crippen LogP contribution in [0.25, 0.3) is 0 Å². The summed E-state index contributed by atoms with van der Waals surface area (Å²) >= 11 is 0. The summed E-state index contributed by atoms with van der Waals surface area (Å²) in [5.41, 5.74) is 0.764. The largest absolute Gasteiger partial charge is 0.469 e. The van der Waals surface area contributed by atoms with E-state index >= 15 is 0 Å². The molecule has 0 aliphatic carbocycles. The molecule has 108 valence electrons. The number of urea groups is 1. The summed E-state index contributed by atoms with van der Waals surface area (Å²) in [6.45, 7) is 1.79. The van der Waals surface area contributed by atoms with Gasteiger partial charge in [-0.05, 0) is 12.1 Å². The first-order valence-corrected chi connectivity index (χ1v) is 6.60. The van der Waals surface area contributed by atoms with Crippen LogP contribution in [0.1, 0.15) is 6.42 Å². The van der Waals surface area contributed by atoms with Gasteiger partial charge < -0.3 is 20.3 Å². The molecule has 0 saturated carbocycles. The van der Waals surface area contributed by atoms with Crippen molar-refractivity contribution in [3.63, 3.8) is 0 Å². The lowest BCUT2D eigenvalue weighted by Gasteiger charge is -2.33. The highest BCUT2D eigenvalue weighted by Gasteiger charge is 2.25. The first-order chi connectivity index (χ1) is 9.69. The number of para-hydroxylation sites is 1. The average molecular weight is 277 g/mol. The van der Waals surface area contributed by atoms with E-state index in [1.165, 1.54) is 7.11 Å². The SMILES string of the molecule is COC(=O)C[C@H]1CN(C(=O)Nc2ccccc2)CCN1. The standard InChI is InChI=1S/C14H19N3O3/c1-20-13(18)9-12-10-17(8-7-15-12)14(19)16-11-5-3-2-4-6-11/h2-6,12,15H,7-10H2,1H3,(H,16,19)/t12-/m0/s1. The van der Waals surface area contributed by atoms with Gasteiger partial charge in [0, 0.05) is 31.4 Å². The van der Waals surface area contributed by atoms with Crippen LogP contribution in [0.15, 0.2) is 30.3 Å². The molecule has 1 aliphatic heterocycles. The highest BCUT2D eigenvalue weighted by atomic mass is 16.5. The van der Waals surface area contributed by atoms with E-state index in [0.29, 0.717) is 19.6 Å². The topological polar surface area (TPSA) is 70.7 Å². The maximum atomic E-state index is 12.1. The fourth-order valence-corrected chi connectivity index (χ4v) is 2.16. The third-order valence-electron chi connectivity index (χ3n) is 3.21. The second-order valence-electron chi connectivity index (χ2n) is 4.67. The number of hydrogen-bond acceptors (Lipinski definition) is 4. The van der Waals surface area contributed by atoms with Crippen LogP contribution in [0.3, 0.4) is 0 Å². The first-order valence-electron chi connectivity index (χ1n) is 6.60. The van der Waals surface area contributed by atoms with Crippen LogP contribution >= 0.6 is 0 Å². The van der Waals surface area contributed by atoms with Gasteiger partial charge in [0.25, 0.3) is 0 Å². The van der Waals surface area contributed by atoms with Crippen LogP contribution in [0.2, 0.25) is 0 Å². The van der Waals surface area contributed by atoms with Crippen molar-refractivity contribution in [2.75, 3.05) is 32.1 Å². The van der Waals surface area contributed by atoms with Crippen molar-refractivity contribution < 1.29 is 14.3 Å². The summed E-state index contributed by atoms with van der Waals surface area (Å²) < 4.78 is 4.65.